The molecule has 2 heteroatoms. The Balaban J connectivity index is 3.01. The second-order valence-corrected chi connectivity index (χ2v) is 4.45. The zero-order valence-electron chi connectivity index (χ0n) is 10.2. The standard InChI is InChI=1S/C13H22N2/c1-5-11(4)13(15-14)12-7-9(2)6-10(3)8-12/h6-8,11,13,15H,5,14H2,1-4H3. The lowest BCUT2D eigenvalue weighted by atomic mass is 9.91. The molecule has 0 saturated carbocycles. The van der Waals surface area contributed by atoms with Crippen LogP contribution in [0.15, 0.2) is 18.2 Å². The lowest BCUT2D eigenvalue weighted by Gasteiger charge is -2.23. The van der Waals surface area contributed by atoms with Crippen LogP contribution in [0.3, 0.4) is 0 Å². The van der Waals surface area contributed by atoms with E-state index in [9.17, 15) is 0 Å². The molecule has 0 saturated heterocycles. The van der Waals surface area contributed by atoms with Crippen LogP contribution in [0.5, 0.6) is 0 Å². The van der Waals surface area contributed by atoms with E-state index in [1.165, 1.54) is 16.7 Å². The lowest BCUT2D eigenvalue weighted by Crippen LogP contribution is -2.32. The van der Waals surface area contributed by atoms with Crippen molar-refractivity contribution in [2.45, 2.75) is 40.2 Å². The minimum atomic E-state index is 0.258. The van der Waals surface area contributed by atoms with Gasteiger partial charge in [-0.3, -0.25) is 11.3 Å². The Labute approximate surface area is 92.8 Å². The van der Waals surface area contributed by atoms with Crippen LogP contribution in [-0.2, 0) is 0 Å². The van der Waals surface area contributed by atoms with E-state index in [2.05, 4.69) is 51.3 Å². The van der Waals surface area contributed by atoms with Crippen molar-refractivity contribution < 1.29 is 0 Å². The molecule has 0 amide bonds. The van der Waals surface area contributed by atoms with Crippen molar-refractivity contribution in [3.05, 3.63) is 34.9 Å². The summed E-state index contributed by atoms with van der Waals surface area (Å²) in [6.07, 6.45) is 1.13. The number of hydrogen-bond acceptors (Lipinski definition) is 2. The van der Waals surface area contributed by atoms with E-state index < -0.39 is 0 Å². The van der Waals surface area contributed by atoms with Gasteiger partial charge in [0.05, 0.1) is 0 Å². The average Bonchev–Trinajstić information content (AvgIpc) is 2.17. The maximum atomic E-state index is 5.63. The van der Waals surface area contributed by atoms with E-state index in [1.807, 2.05) is 0 Å². The molecule has 0 aliphatic carbocycles. The second kappa shape index (κ2) is 5.29. The molecule has 0 bridgehead atoms. The average molecular weight is 206 g/mol. The fourth-order valence-corrected chi connectivity index (χ4v) is 2.01. The molecule has 0 heterocycles. The Morgan fingerprint density at radius 2 is 1.73 bits per heavy atom. The molecule has 0 aromatic heterocycles. The molecule has 0 spiro atoms. The van der Waals surface area contributed by atoms with Gasteiger partial charge in [0.2, 0.25) is 0 Å². The number of hydrogen-bond donors (Lipinski definition) is 2. The normalized spacial score (nSPS) is 15.0. The number of nitrogens with two attached hydrogens (primary N) is 1. The summed E-state index contributed by atoms with van der Waals surface area (Å²) in [5, 5.41) is 0. The highest BCUT2D eigenvalue weighted by atomic mass is 15.2. The van der Waals surface area contributed by atoms with Crippen LogP contribution in [0, 0.1) is 19.8 Å². The molecular formula is C13H22N2. The zero-order valence-corrected chi connectivity index (χ0v) is 10.2. The van der Waals surface area contributed by atoms with Crippen LogP contribution in [0.25, 0.3) is 0 Å². The Hall–Kier alpha value is -0.860. The summed E-state index contributed by atoms with van der Waals surface area (Å²) in [4.78, 5) is 0. The topological polar surface area (TPSA) is 38.0 Å². The molecule has 1 rings (SSSR count). The van der Waals surface area contributed by atoms with Crippen molar-refractivity contribution in [1.29, 1.82) is 0 Å². The summed E-state index contributed by atoms with van der Waals surface area (Å²) < 4.78 is 0. The van der Waals surface area contributed by atoms with Crippen molar-refractivity contribution in [2.75, 3.05) is 0 Å². The number of nitrogens with one attached hydrogen (secondary N) is 1. The Bertz CT molecular complexity index is 300. The summed E-state index contributed by atoms with van der Waals surface area (Å²) in [5.41, 5.74) is 6.82. The smallest absolute Gasteiger partial charge is 0.0485 e. The summed E-state index contributed by atoms with van der Waals surface area (Å²) >= 11 is 0. The Morgan fingerprint density at radius 3 is 2.13 bits per heavy atom. The first-order valence-electron chi connectivity index (χ1n) is 5.62. The quantitative estimate of drug-likeness (QED) is 0.587. The summed E-state index contributed by atoms with van der Waals surface area (Å²) in [5.74, 6) is 6.18. The Morgan fingerprint density at radius 1 is 1.20 bits per heavy atom. The van der Waals surface area contributed by atoms with E-state index in [0.29, 0.717) is 5.92 Å². The Kier molecular flexibility index (Phi) is 4.30. The molecule has 3 N–H and O–H groups in total. The first-order valence-corrected chi connectivity index (χ1v) is 5.62. The van der Waals surface area contributed by atoms with Crippen LogP contribution in [0.2, 0.25) is 0 Å². The predicted molar refractivity (Wildman–Crippen MR) is 65.4 cm³/mol. The van der Waals surface area contributed by atoms with Gasteiger partial charge < -0.3 is 0 Å². The van der Waals surface area contributed by atoms with E-state index >= 15 is 0 Å². The molecular weight excluding hydrogens is 184 g/mol. The monoisotopic (exact) mass is 206 g/mol. The maximum absolute atomic E-state index is 5.63. The number of hydrazine groups is 1. The number of rotatable bonds is 4. The van der Waals surface area contributed by atoms with Crippen molar-refractivity contribution >= 4 is 0 Å². The molecule has 0 aliphatic rings. The van der Waals surface area contributed by atoms with Crippen molar-refractivity contribution in [3.8, 4) is 0 Å². The van der Waals surface area contributed by atoms with Crippen LogP contribution in [0.4, 0.5) is 0 Å². The largest absolute Gasteiger partial charge is 0.271 e. The molecule has 0 aliphatic heterocycles. The van der Waals surface area contributed by atoms with Gasteiger partial charge in [-0.15, -0.1) is 0 Å². The van der Waals surface area contributed by atoms with E-state index in [4.69, 9.17) is 5.84 Å². The van der Waals surface area contributed by atoms with Gasteiger partial charge in [0.15, 0.2) is 0 Å². The molecule has 0 radical (unpaired) electrons. The predicted octanol–water partition coefficient (Wildman–Crippen LogP) is 2.85. The van der Waals surface area contributed by atoms with Crippen LogP contribution >= 0.6 is 0 Å². The summed E-state index contributed by atoms with van der Waals surface area (Å²) in [7, 11) is 0. The van der Waals surface area contributed by atoms with Gasteiger partial charge in [-0.2, -0.15) is 0 Å². The molecule has 2 unspecified atom stereocenters. The van der Waals surface area contributed by atoms with Gasteiger partial charge in [-0.25, -0.2) is 0 Å². The third-order valence-corrected chi connectivity index (χ3v) is 3.00. The van der Waals surface area contributed by atoms with E-state index in [0.717, 1.165) is 6.42 Å². The third kappa shape index (κ3) is 3.05. The first kappa shape index (κ1) is 12.2. The highest BCUT2D eigenvalue weighted by Gasteiger charge is 2.16. The highest BCUT2D eigenvalue weighted by molar-refractivity contribution is 5.30. The second-order valence-electron chi connectivity index (χ2n) is 4.45. The van der Waals surface area contributed by atoms with Crippen molar-refractivity contribution in [2.24, 2.45) is 11.8 Å². The van der Waals surface area contributed by atoms with Gasteiger partial charge in [-0.1, -0.05) is 49.6 Å². The van der Waals surface area contributed by atoms with Gasteiger partial charge >= 0.3 is 0 Å². The van der Waals surface area contributed by atoms with Crippen LogP contribution in [-0.4, -0.2) is 0 Å². The van der Waals surface area contributed by atoms with E-state index in [-0.39, 0.29) is 6.04 Å². The van der Waals surface area contributed by atoms with Gasteiger partial charge in [-0.05, 0) is 25.3 Å². The van der Waals surface area contributed by atoms with Crippen molar-refractivity contribution in [1.82, 2.24) is 5.43 Å². The number of aryl methyl sites for hydroxylation is 2. The maximum Gasteiger partial charge on any atom is 0.0485 e. The molecule has 1 aromatic carbocycles. The molecule has 0 fully saturated rings. The molecule has 2 atom stereocenters. The number of benzene rings is 1. The molecule has 84 valence electrons. The first-order chi connectivity index (χ1) is 7.08. The minimum absolute atomic E-state index is 0.258. The van der Waals surface area contributed by atoms with Gasteiger partial charge in [0, 0.05) is 6.04 Å². The van der Waals surface area contributed by atoms with E-state index in [1.54, 1.807) is 0 Å². The molecule has 1 aromatic rings. The van der Waals surface area contributed by atoms with Crippen LogP contribution < -0.4 is 11.3 Å². The third-order valence-electron chi connectivity index (χ3n) is 3.00. The van der Waals surface area contributed by atoms with Crippen LogP contribution in [0.1, 0.15) is 43.0 Å². The van der Waals surface area contributed by atoms with Crippen molar-refractivity contribution in [3.63, 3.8) is 0 Å². The lowest BCUT2D eigenvalue weighted by molar-refractivity contribution is 0.382. The van der Waals surface area contributed by atoms with Gasteiger partial charge in [0.25, 0.3) is 0 Å². The molecule has 2 nitrogen and oxygen atoms in total. The van der Waals surface area contributed by atoms with Gasteiger partial charge in [0.1, 0.15) is 0 Å². The zero-order chi connectivity index (χ0) is 11.4. The molecule has 15 heavy (non-hydrogen) atoms. The summed E-state index contributed by atoms with van der Waals surface area (Å²) in [6.45, 7) is 8.67. The SMILES string of the molecule is CCC(C)C(NN)c1cc(C)cc(C)c1. The fraction of sp³-hybridized carbons (Fsp3) is 0.538. The minimum Gasteiger partial charge on any atom is -0.271 e. The fourth-order valence-electron chi connectivity index (χ4n) is 2.01. The highest BCUT2D eigenvalue weighted by Crippen LogP contribution is 2.25. The summed E-state index contributed by atoms with van der Waals surface area (Å²) in [6, 6.07) is 6.87.